The summed E-state index contributed by atoms with van der Waals surface area (Å²) >= 11 is 0. The van der Waals surface area contributed by atoms with Gasteiger partial charge in [0.25, 0.3) is 0 Å². The lowest BCUT2D eigenvalue weighted by molar-refractivity contribution is -0.147. The topological polar surface area (TPSA) is 205 Å². The van der Waals surface area contributed by atoms with Crippen LogP contribution in [-0.2, 0) is 24.0 Å². The van der Waals surface area contributed by atoms with Crippen LogP contribution in [0.25, 0.3) is 0 Å². The number of likely N-dealkylation sites (tertiary alicyclic amines) is 1. The summed E-state index contributed by atoms with van der Waals surface area (Å²) in [5, 5.41) is 24.4. The van der Waals surface area contributed by atoms with Crippen molar-refractivity contribution >= 4 is 29.6 Å². The van der Waals surface area contributed by atoms with Crippen LogP contribution in [0.2, 0.25) is 0 Å². The highest BCUT2D eigenvalue weighted by Crippen LogP contribution is 2.20. The fraction of sp³-hybridized carbons (Fsp3) is 0.750. The second-order valence-electron chi connectivity index (χ2n) is 8.24. The SMILES string of the molecule is CCC(C)C(NC(=O)C1CCCN1C(=O)C(NC(=O)C(N)CCC(N)=O)C(C)O)C(=O)O. The van der Waals surface area contributed by atoms with Gasteiger partial charge in [-0.05, 0) is 32.1 Å². The van der Waals surface area contributed by atoms with Crippen molar-refractivity contribution in [3.05, 3.63) is 0 Å². The zero-order valence-electron chi connectivity index (χ0n) is 18.7. The molecule has 4 amide bonds. The molecule has 0 bridgehead atoms. The quantitative estimate of drug-likeness (QED) is 0.194. The second-order valence-corrected chi connectivity index (χ2v) is 8.24. The van der Waals surface area contributed by atoms with Crippen molar-refractivity contribution in [2.24, 2.45) is 17.4 Å². The minimum atomic E-state index is -1.36. The molecule has 0 radical (unpaired) electrons. The summed E-state index contributed by atoms with van der Waals surface area (Å²) in [5.74, 6) is -4.12. The largest absolute Gasteiger partial charge is 0.480 e. The molecule has 1 aliphatic rings. The number of primary amides is 1. The molecule has 1 rings (SSSR count). The molecule has 1 heterocycles. The third-order valence-electron chi connectivity index (χ3n) is 5.70. The molecule has 12 heteroatoms. The highest BCUT2D eigenvalue weighted by molar-refractivity contribution is 5.95. The van der Waals surface area contributed by atoms with Crippen molar-refractivity contribution in [1.82, 2.24) is 15.5 Å². The number of carbonyl (C=O) groups excluding carboxylic acids is 4. The van der Waals surface area contributed by atoms with E-state index < -0.39 is 59.9 Å². The number of carbonyl (C=O) groups is 5. The normalized spacial score (nSPS) is 20.5. The van der Waals surface area contributed by atoms with Crippen LogP contribution < -0.4 is 22.1 Å². The first kappa shape index (κ1) is 27.3. The molecule has 12 nitrogen and oxygen atoms in total. The van der Waals surface area contributed by atoms with E-state index in [9.17, 15) is 34.2 Å². The van der Waals surface area contributed by atoms with Gasteiger partial charge in [-0.15, -0.1) is 0 Å². The van der Waals surface area contributed by atoms with Crippen molar-refractivity contribution in [2.45, 2.75) is 83.1 Å². The van der Waals surface area contributed by atoms with Gasteiger partial charge in [-0.2, -0.15) is 0 Å². The highest BCUT2D eigenvalue weighted by atomic mass is 16.4. The Bertz CT molecular complexity index is 714. The van der Waals surface area contributed by atoms with Gasteiger partial charge < -0.3 is 37.2 Å². The Labute approximate surface area is 187 Å². The number of nitrogens with one attached hydrogen (secondary N) is 2. The van der Waals surface area contributed by atoms with E-state index in [1.807, 2.05) is 6.92 Å². The predicted molar refractivity (Wildman–Crippen MR) is 114 cm³/mol. The molecule has 0 aromatic carbocycles. The van der Waals surface area contributed by atoms with Crippen LogP contribution in [0.3, 0.4) is 0 Å². The lowest BCUT2D eigenvalue weighted by Crippen LogP contribution is -2.59. The van der Waals surface area contributed by atoms with Crippen molar-refractivity contribution < 1.29 is 34.2 Å². The molecular weight excluding hydrogens is 422 g/mol. The van der Waals surface area contributed by atoms with Gasteiger partial charge in [0.2, 0.25) is 23.6 Å². The molecule has 182 valence electrons. The summed E-state index contributed by atoms with van der Waals surface area (Å²) in [6, 6.07) is -4.49. The Morgan fingerprint density at radius 3 is 2.25 bits per heavy atom. The van der Waals surface area contributed by atoms with E-state index in [1.165, 1.54) is 11.8 Å². The summed E-state index contributed by atoms with van der Waals surface area (Å²) < 4.78 is 0. The molecule has 0 aromatic rings. The fourth-order valence-electron chi connectivity index (χ4n) is 3.49. The van der Waals surface area contributed by atoms with Crippen molar-refractivity contribution in [1.29, 1.82) is 0 Å². The summed E-state index contributed by atoms with van der Waals surface area (Å²) in [6.45, 7) is 5.04. The number of hydrogen-bond donors (Lipinski definition) is 6. The molecule has 6 atom stereocenters. The number of aliphatic hydroxyl groups is 1. The van der Waals surface area contributed by atoms with Crippen LogP contribution in [-0.4, -0.2) is 81.5 Å². The fourth-order valence-corrected chi connectivity index (χ4v) is 3.49. The molecule has 0 saturated carbocycles. The third kappa shape index (κ3) is 7.45. The first-order valence-electron chi connectivity index (χ1n) is 10.8. The number of carboxylic acid groups (broad SMARTS) is 1. The van der Waals surface area contributed by atoms with Crippen LogP contribution >= 0.6 is 0 Å². The predicted octanol–water partition coefficient (Wildman–Crippen LogP) is -1.95. The number of amides is 4. The maximum Gasteiger partial charge on any atom is 0.326 e. The van der Waals surface area contributed by atoms with Gasteiger partial charge in [0, 0.05) is 13.0 Å². The lowest BCUT2D eigenvalue weighted by atomic mass is 9.98. The third-order valence-corrected chi connectivity index (χ3v) is 5.70. The molecule has 1 saturated heterocycles. The van der Waals surface area contributed by atoms with Crippen molar-refractivity contribution in [3.8, 4) is 0 Å². The van der Waals surface area contributed by atoms with Crippen LogP contribution in [0.15, 0.2) is 0 Å². The number of aliphatic carboxylic acids is 1. The monoisotopic (exact) mass is 457 g/mol. The smallest absolute Gasteiger partial charge is 0.326 e. The van der Waals surface area contributed by atoms with E-state index in [1.54, 1.807) is 6.92 Å². The van der Waals surface area contributed by atoms with E-state index in [2.05, 4.69) is 10.6 Å². The molecule has 32 heavy (non-hydrogen) atoms. The van der Waals surface area contributed by atoms with Crippen molar-refractivity contribution in [2.75, 3.05) is 6.54 Å². The Morgan fingerprint density at radius 2 is 1.75 bits per heavy atom. The zero-order valence-corrected chi connectivity index (χ0v) is 18.7. The summed E-state index contributed by atoms with van der Waals surface area (Å²) in [4.78, 5) is 61.8. The van der Waals surface area contributed by atoms with E-state index >= 15 is 0 Å². The Balaban J connectivity index is 2.91. The number of nitrogens with two attached hydrogens (primary N) is 2. The van der Waals surface area contributed by atoms with Gasteiger partial charge in [-0.1, -0.05) is 20.3 Å². The Kier molecular flexibility index (Phi) is 10.5. The van der Waals surface area contributed by atoms with Gasteiger partial charge in [-0.3, -0.25) is 19.2 Å². The van der Waals surface area contributed by atoms with Gasteiger partial charge in [0.1, 0.15) is 18.1 Å². The molecule has 0 spiro atoms. The number of hydrogen-bond acceptors (Lipinski definition) is 7. The Hall–Kier alpha value is -2.73. The number of aliphatic hydroxyl groups excluding tert-OH is 1. The van der Waals surface area contributed by atoms with Gasteiger partial charge >= 0.3 is 5.97 Å². The average molecular weight is 458 g/mol. The van der Waals surface area contributed by atoms with E-state index in [4.69, 9.17) is 11.5 Å². The minimum absolute atomic E-state index is 0.0250. The molecular formula is C20H35N5O7. The Morgan fingerprint density at radius 1 is 1.12 bits per heavy atom. The molecule has 1 aliphatic heterocycles. The van der Waals surface area contributed by atoms with Crippen LogP contribution in [0.5, 0.6) is 0 Å². The maximum atomic E-state index is 13.1. The summed E-state index contributed by atoms with van der Waals surface area (Å²) in [7, 11) is 0. The molecule has 0 aromatic heterocycles. The number of rotatable bonds is 12. The summed E-state index contributed by atoms with van der Waals surface area (Å²) in [6.07, 6.45) is -0.0607. The standard InChI is InChI=1S/C20H35N5O7/c1-4-10(2)15(20(31)32)23-18(29)13-6-5-9-25(13)19(30)16(11(3)26)24-17(28)12(21)7-8-14(22)27/h10-13,15-16,26H,4-9,21H2,1-3H3,(H2,22,27)(H,23,29)(H,24,28)(H,31,32). The van der Waals surface area contributed by atoms with Gasteiger partial charge in [0.15, 0.2) is 0 Å². The van der Waals surface area contributed by atoms with Crippen LogP contribution in [0.1, 0.15) is 52.9 Å². The van der Waals surface area contributed by atoms with E-state index in [0.717, 1.165) is 0 Å². The molecule has 0 aliphatic carbocycles. The first-order valence-corrected chi connectivity index (χ1v) is 10.8. The molecule has 8 N–H and O–H groups in total. The van der Waals surface area contributed by atoms with Crippen LogP contribution in [0, 0.1) is 5.92 Å². The minimum Gasteiger partial charge on any atom is -0.480 e. The maximum absolute atomic E-state index is 13.1. The second kappa shape index (κ2) is 12.3. The molecule has 1 fully saturated rings. The van der Waals surface area contributed by atoms with E-state index in [0.29, 0.717) is 19.3 Å². The lowest BCUT2D eigenvalue weighted by Gasteiger charge is -2.31. The summed E-state index contributed by atoms with van der Waals surface area (Å²) in [5.41, 5.74) is 10.8. The average Bonchev–Trinajstić information content (AvgIpc) is 3.22. The van der Waals surface area contributed by atoms with E-state index in [-0.39, 0.29) is 25.3 Å². The molecule has 6 unspecified atom stereocenters. The number of nitrogens with zero attached hydrogens (tertiary/aromatic N) is 1. The zero-order chi connectivity index (χ0) is 24.6. The highest BCUT2D eigenvalue weighted by Gasteiger charge is 2.40. The first-order chi connectivity index (χ1) is 14.9. The van der Waals surface area contributed by atoms with Crippen molar-refractivity contribution in [3.63, 3.8) is 0 Å². The van der Waals surface area contributed by atoms with Gasteiger partial charge in [-0.25, -0.2) is 4.79 Å². The number of carboxylic acids is 1. The van der Waals surface area contributed by atoms with Gasteiger partial charge in [0.05, 0.1) is 12.1 Å². The van der Waals surface area contributed by atoms with Crippen LogP contribution in [0.4, 0.5) is 0 Å².